The van der Waals surface area contributed by atoms with Crippen LogP contribution in [0.15, 0.2) is 323 Å². The van der Waals surface area contributed by atoms with Gasteiger partial charge in [-0.2, -0.15) is 0 Å². The van der Waals surface area contributed by atoms with Crippen LogP contribution in [-0.2, 0) is 41.5 Å². The maximum atomic E-state index is 13.6. The predicted molar refractivity (Wildman–Crippen MR) is 596 cm³/mol. The molecule has 3 aliphatic heterocycles. The summed E-state index contributed by atoms with van der Waals surface area (Å²) in [6, 6.07) is 93.0. The van der Waals surface area contributed by atoms with E-state index in [0.29, 0.717) is 71.6 Å². The highest BCUT2D eigenvalue weighted by molar-refractivity contribution is 7.99. The van der Waals surface area contributed by atoms with E-state index in [9.17, 15) is 62.1 Å². The molecule has 0 bridgehead atoms. The number of aliphatic hydroxyl groups excluding tert-OH is 1. The monoisotopic (exact) mass is 2080 g/mol. The second kappa shape index (κ2) is 53.9. The molecule has 12 aromatic rings. The van der Waals surface area contributed by atoms with Gasteiger partial charge in [0, 0.05) is 115 Å². The molecule has 0 amide bonds. The molecule has 23 nitrogen and oxygen atoms in total. The molecule has 3 heterocycles. The lowest BCUT2D eigenvalue weighted by Gasteiger charge is -2.39. The van der Waals surface area contributed by atoms with Crippen molar-refractivity contribution in [3.63, 3.8) is 0 Å². The Morgan fingerprint density at radius 1 is 0.362 bits per heavy atom. The Kier molecular flexibility index (Phi) is 42.9. The summed E-state index contributed by atoms with van der Waals surface area (Å²) in [5, 5.41) is 37.7. The molecule has 788 valence electrons. The van der Waals surface area contributed by atoms with Crippen LogP contribution >= 0.6 is 23.5 Å². The van der Waals surface area contributed by atoms with Crippen molar-refractivity contribution in [3.05, 3.63) is 387 Å². The average Bonchev–Trinajstić information content (AvgIpc) is 0.750. The summed E-state index contributed by atoms with van der Waals surface area (Å²) in [4.78, 5) is 115. The Hall–Kier alpha value is -12.4. The Morgan fingerprint density at radius 3 is 1.03 bits per heavy atom. The van der Waals surface area contributed by atoms with Crippen LogP contribution in [0.1, 0.15) is 218 Å². The van der Waals surface area contributed by atoms with E-state index in [4.69, 9.17) is 24.1 Å². The summed E-state index contributed by atoms with van der Waals surface area (Å²) in [6.07, 6.45) is 4.13. The molecule has 3 aliphatic rings. The van der Waals surface area contributed by atoms with Gasteiger partial charge < -0.3 is 49.2 Å². The molecule has 0 spiro atoms. The highest BCUT2D eigenvalue weighted by Gasteiger charge is 2.46. The lowest BCUT2D eigenvalue weighted by molar-refractivity contribution is -0.00431. The largest absolute Gasteiger partial charge is 0.491 e. The molecular formula is C123H145N5O18S3. The maximum Gasteiger partial charge on any atom is 0.193 e. The van der Waals surface area contributed by atoms with Gasteiger partial charge in [0.15, 0.2) is 56.1 Å². The third kappa shape index (κ3) is 31.2. The smallest absolute Gasteiger partial charge is 0.193 e. The van der Waals surface area contributed by atoms with E-state index in [1.54, 1.807) is 121 Å². The minimum atomic E-state index is -3.87. The summed E-state index contributed by atoms with van der Waals surface area (Å²) >= 11 is 3.18. The first-order chi connectivity index (χ1) is 70.6. The molecule has 15 rings (SSSR count). The number of hydrogen-bond acceptors (Lipinski definition) is 25. The lowest BCUT2D eigenvalue weighted by Crippen LogP contribution is -2.54. The molecule has 3 fully saturated rings. The molecule has 149 heavy (non-hydrogen) atoms. The van der Waals surface area contributed by atoms with Crippen molar-refractivity contribution >= 4 is 91.0 Å². The van der Waals surface area contributed by atoms with Crippen LogP contribution in [0.5, 0.6) is 5.75 Å². The standard InChI is InChI=1S/C30H26O4S2.C23H30N2O2.C22H28N2O2.C21H24O4.C15H21NO2S.C12H16O4/c1-21-9-19-27(20-10-21)36(33,34)30(2,3)29(32)24-13-17-26(18-14-24)35-25-15-11-23(12-16-25)28(31)22-7-5-4-6-8-22;1-5-23(24(3)4,20-10-6-18(2)7-11-20)22(26)19-8-12-21(13-9-19)25-14-16-27-17-15-25;1-4-22(23(2)3,19-8-6-5-7-9-19)21(25)18-10-12-20(13-11-18)24-14-16-26-17-15-24;1-20(2,24)18(22)16-9-5-14(6-10-16)13-15-7-11-17(12-8-15)19(23)21(3,4)25;1-15(2,16-8-10-18-11-9-16)14(17)12-4-6-13(19-3)7-5-12;1-12(2,15)11(14)9-3-5-10(6-4-9)16-8-7-13/h4-20H,1-3H3;6-13H,5,14-17H2,1-4H3;5-13H,4,14-17H2,1-3H3;5-12,24-25H,13H2,1-4H3;4-7H,8-11H2,1-3H3;3-6,13,15H,7-8H2,1-2H3. The number of nitrogens with zero attached hydrogens (tertiary/aromatic N) is 5. The summed E-state index contributed by atoms with van der Waals surface area (Å²) < 4.78 is 46.1. The van der Waals surface area contributed by atoms with Gasteiger partial charge >= 0.3 is 0 Å². The Morgan fingerprint density at radius 2 is 0.671 bits per heavy atom. The number of ketones is 8. The number of hydrogen-bond donors (Lipinski definition) is 4. The summed E-state index contributed by atoms with van der Waals surface area (Å²) in [5.74, 6) is -0.384. The van der Waals surface area contributed by atoms with E-state index >= 15 is 0 Å². The number of likely N-dealkylation sites (N-methyl/N-ethyl adjacent to an activating group) is 2. The van der Waals surface area contributed by atoms with Gasteiger partial charge in [0.25, 0.3) is 0 Å². The SMILES string of the molecule is CC(C)(O)C(=O)c1ccc(Cc2ccc(C(=O)C(C)(C)O)cc2)cc1.CC(C)(O)C(=O)c1ccc(OCCO)cc1.CCC(C(=O)c1ccc(N2CCOCC2)cc1)(c1ccc(C)cc1)N(C)C.CCC(C(=O)c1ccc(N2CCOCC2)cc1)(c1ccccc1)N(C)C.CSc1ccc(C(=O)C(C)(C)N2CCOCC2)cc1.Cc1ccc(S(=O)(=O)C(C)(C)C(=O)c2ccc(Sc3ccc(C(=O)c4ccccc4)cc3)cc2)cc1. The van der Waals surface area contributed by atoms with Crippen LogP contribution in [0, 0.1) is 13.8 Å². The van der Waals surface area contributed by atoms with Crippen LogP contribution in [0.4, 0.5) is 11.4 Å². The van der Waals surface area contributed by atoms with Crippen LogP contribution in [-0.4, -0.2) is 243 Å². The maximum absolute atomic E-state index is 13.6. The van der Waals surface area contributed by atoms with E-state index in [1.165, 1.54) is 89.7 Å². The first-order valence-corrected chi connectivity index (χ1v) is 53.8. The van der Waals surface area contributed by atoms with Crippen molar-refractivity contribution in [1.82, 2.24) is 14.7 Å². The number of thioether (sulfide) groups is 1. The van der Waals surface area contributed by atoms with Gasteiger partial charge in [-0.15, -0.1) is 11.8 Å². The highest BCUT2D eigenvalue weighted by Crippen LogP contribution is 2.39. The average molecular weight is 2080 g/mol. The van der Waals surface area contributed by atoms with Crippen LogP contribution in [0.3, 0.4) is 0 Å². The Labute approximate surface area is 888 Å². The quantitative estimate of drug-likeness (QED) is 0.0212. The minimum Gasteiger partial charge on any atom is -0.491 e. The van der Waals surface area contributed by atoms with Gasteiger partial charge in [-0.1, -0.05) is 207 Å². The zero-order valence-corrected chi connectivity index (χ0v) is 91.8. The first-order valence-electron chi connectivity index (χ1n) is 50.3. The number of carbonyl (C=O) groups excluding carboxylic acids is 8. The molecule has 2 atom stereocenters. The second-order valence-corrected chi connectivity index (χ2v) is 44.5. The van der Waals surface area contributed by atoms with Gasteiger partial charge in [0.1, 0.15) is 45.0 Å². The van der Waals surface area contributed by atoms with E-state index in [-0.39, 0.29) is 58.6 Å². The summed E-state index contributed by atoms with van der Waals surface area (Å²) in [7, 11) is 4.07. The molecule has 0 saturated carbocycles. The molecule has 26 heteroatoms. The number of rotatable bonds is 35. The summed E-state index contributed by atoms with van der Waals surface area (Å²) in [6.45, 7) is 33.7. The molecule has 4 N–H and O–H groups in total. The molecule has 3 saturated heterocycles. The van der Waals surface area contributed by atoms with Gasteiger partial charge in [-0.25, -0.2) is 8.42 Å². The van der Waals surface area contributed by atoms with Gasteiger partial charge in [-0.05, 0) is 293 Å². The van der Waals surface area contributed by atoms with Crippen molar-refractivity contribution in [3.8, 4) is 5.75 Å². The Balaban J connectivity index is 0.000000186. The molecule has 0 aromatic heterocycles. The first kappa shape index (κ1) is 119. The summed E-state index contributed by atoms with van der Waals surface area (Å²) in [5.41, 5.74) is 7.93. The number of anilines is 2. The van der Waals surface area contributed by atoms with Gasteiger partial charge in [0.2, 0.25) is 0 Å². The Bertz CT molecular complexity index is 6430. The van der Waals surface area contributed by atoms with Crippen molar-refractivity contribution in [1.29, 1.82) is 0 Å². The van der Waals surface area contributed by atoms with Crippen LogP contribution in [0.2, 0.25) is 0 Å². The fourth-order valence-corrected chi connectivity index (χ4v) is 20.3. The number of aryl methyl sites for hydroxylation is 2. The number of aliphatic hydroxyl groups is 4. The van der Waals surface area contributed by atoms with Crippen LogP contribution < -0.4 is 14.5 Å². The second-order valence-electron chi connectivity index (χ2n) is 39.9. The van der Waals surface area contributed by atoms with Crippen molar-refractivity contribution < 1.29 is 86.1 Å². The zero-order valence-electron chi connectivity index (χ0n) is 89.4. The molecule has 12 aromatic carbocycles. The number of benzene rings is 12. The fraction of sp³-hybridized carbons (Fsp3) is 0.350. The molecule has 0 aliphatic carbocycles. The van der Waals surface area contributed by atoms with E-state index in [1.807, 2.05) is 194 Å². The third-order valence-electron chi connectivity index (χ3n) is 26.8. The fourth-order valence-electron chi connectivity index (χ4n) is 17.7. The molecule has 2 unspecified atom stereocenters. The predicted octanol–water partition coefficient (Wildman–Crippen LogP) is 21.2. The number of ether oxygens (including phenoxy) is 4. The number of sulfone groups is 1. The number of Topliss-reactive ketones (excluding diaryl/α,β-unsaturated/α-hetero) is 7. The normalized spacial score (nSPS) is 14.4. The highest BCUT2D eigenvalue weighted by atomic mass is 32.2. The molecular weight excluding hydrogens is 1930 g/mol. The number of carbonyl (C=O) groups is 8. The van der Waals surface area contributed by atoms with Crippen molar-refractivity contribution in [2.45, 2.75) is 174 Å². The third-order valence-corrected chi connectivity index (χ3v) is 31.0. The minimum absolute atomic E-state index is 0.0294. The van der Waals surface area contributed by atoms with E-state index in [0.717, 1.165) is 131 Å². The molecule has 0 radical (unpaired) electrons. The van der Waals surface area contributed by atoms with Crippen molar-refractivity contribution in [2.75, 3.05) is 136 Å². The van der Waals surface area contributed by atoms with Gasteiger partial charge in [-0.3, -0.25) is 53.1 Å². The van der Waals surface area contributed by atoms with Crippen LogP contribution in [0.25, 0.3) is 0 Å². The topological polar surface area (TPSA) is 305 Å². The van der Waals surface area contributed by atoms with E-state index < -0.39 is 53.8 Å². The van der Waals surface area contributed by atoms with Crippen molar-refractivity contribution in [2.24, 2.45) is 0 Å². The number of morpholine rings is 3. The lowest BCUT2D eigenvalue weighted by atomic mass is 9.79. The van der Waals surface area contributed by atoms with E-state index in [2.05, 4.69) is 88.9 Å². The van der Waals surface area contributed by atoms with Gasteiger partial charge in [0.05, 0.1) is 56.7 Å². The zero-order chi connectivity index (χ0) is 109.